The summed E-state index contributed by atoms with van der Waals surface area (Å²) in [5, 5.41) is 7.41. The molecular formula is C15H16N5S+. The van der Waals surface area contributed by atoms with Gasteiger partial charge in [0.1, 0.15) is 0 Å². The zero-order chi connectivity index (χ0) is 14.9. The van der Waals surface area contributed by atoms with E-state index in [1.165, 1.54) is 0 Å². The average molecular weight is 298 g/mol. The minimum Gasteiger partial charge on any atom is -0.309 e. The molecule has 2 aromatic rings. The molecule has 0 radical (unpaired) electrons. The van der Waals surface area contributed by atoms with E-state index in [1.54, 1.807) is 6.21 Å². The quantitative estimate of drug-likeness (QED) is 0.286. The molecule has 5 N–H and O–H groups in total. The summed E-state index contributed by atoms with van der Waals surface area (Å²) >= 11 is 5.14. The van der Waals surface area contributed by atoms with Crippen LogP contribution in [0.1, 0.15) is 5.56 Å². The zero-order valence-electron chi connectivity index (χ0n) is 11.3. The first-order valence-electron chi connectivity index (χ1n) is 6.33. The molecule has 0 atom stereocenters. The Hall–Kier alpha value is -2.73. The highest BCUT2D eigenvalue weighted by Gasteiger charge is 2.00. The first-order valence-corrected chi connectivity index (χ1v) is 6.74. The first-order chi connectivity index (χ1) is 10.2. The third-order valence-electron chi connectivity index (χ3n) is 2.48. The predicted octanol–water partition coefficient (Wildman–Crippen LogP) is 0.402. The third kappa shape index (κ3) is 5.42. The summed E-state index contributed by atoms with van der Waals surface area (Å²) in [6, 6.07) is 19.3. The van der Waals surface area contributed by atoms with E-state index in [1.807, 2.05) is 60.7 Å². The van der Waals surface area contributed by atoms with Gasteiger partial charge >= 0.3 is 5.96 Å². The van der Waals surface area contributed by atoms with Gasteiger partial charge in [0.05, 0.1) is 11.9 Å². The van der Waals surface area contributed by atoms with Crippen LogP contribution in [0.15, 0.2) is 65.8 Å². The van der Waals surface area contributed by atoms with Crippen molar-refractivity contribution >= 4 is 35.2 Å². The second-order valence-electron chi connectivity index (χ2n) is 4.14. The molecule has 0 saturated carbocycles. The Morgan fingerprint density at radius 1 is 1.05 bits per heavy atom. The summed E-state index contributed by atoms with van der Waals surface area (Å²) < 4.78 is 0. The molecular weight excluding hydrogens is 282 g/mol. The van der Waals surface area contributed by atoms with Gasteiger partial charge in [0.15, 0.2) is 0 Å². The Labute approximate surface area is 128 Å². The Morgan fingerprint density at radius 2 is 1.67 bits per heavy atom. The maximum absolute atomic E-state index is 5.75. The number of para-hydroxylation sites is 1. The maximum Gasteiger partial charge on any atom is 0.328 e. The van der Waals surface area contributed by atoms with Gasteiger partial charge in [-0.2, -0.15) is 5.43 Å². The molecule has 0 spiro atoms. The zero-order valence-corrected chi connectivity index (χ0v) is 12.1. The van der Waals surface area contributed by atoms with Crippen LogP contribution in [-0.4, -0.2) is 17.3 Å². The van der Waals surface area contributed by atoms with Crippen LogP contribution in [0.2, 0.25) is 0 Å². The molecule has 21 heavy (non-hydrogen) atoms. The number of nitrogens with two attached hydrogens (primary N) is 1. The smallest absolute Gasteiger partial charge is 0.309 e. The van der Waals surface area contributed by atoms with E-state index in [0.29, 0.717) is 5.11 Å². The van der Waals surface area contributed by atoms with Gasteiger partial charge in [0.2, 0.25) is 0 Å². The van der Waals surface area contributed by atoms with E-state index >= 15 is 0 Å². The largest absolute Gasteiger partial charge is 0.328 e. The van der Waals surface area contributed by atoms with E-state index in [-0.39, 0.29) is 5.96 Å². The summed E-state index contributed by atoms with van der Waals surface area (Å²) in [5.41, 5.74) is 10.3. The topological polar surface area (TPSA) is 76.4 Å². The van der Waals surface area contributed by atoms with Crippen molar-refractivity contribution in [3.63, 3.8) is 0 Å². The molecule has 0 aromatic heterocycles. The van der Waals surface area contributed by atoms with Crippen molar-refractivity contribution in [1.29, 1.82) is 0 Å². The van der Waals surface area contributed by atoms with Crippen LogP contribution in [0.4, 0.5) is 5.69 Å². The highest BCUT2D eigenvalue weighted by Crippen LogP contribution is 2.03. The molecule has 0 aliphatic rings. The standard InChI is InChI=1S/C15H15N5S/c16-14(20-17-11-12-7-3-1-4-8-12)19-15(21)18-13-9-5-2-6-10-13/h1-11H,(H4,16,18,19,20,21)/p+1/b17-11-. The highest BCUT2D eigenvalue weighted by atomic mass is 32.1. The molecule has 0 saturated heterocycles. The molecule has 0 bridgehead atoms. The van der Waals surface area contributed by atoms with Gasteiger partial charge in [0.25, 0.3) is 5.11 Å². The number of hydrazone groups is 1. The van der Waals surface area contributed by atoms with E-state index in [9.17, 15) is 0 Å². The summed E-state index contributed by atoms with van der Waals surface area (Å²) in [5.74, 6) is 0.246. The van der Waals surface area contributed by atoms with E-state index in [2.05, 4.69) is 20.8 Å². The number of benzene rings is 2. The third-order valence-corrected chi connectivity index (χ3v) is 2.68. The van der Waals surface area contributed by atoms with Gasteiger partial charge in [-0.15, -0.1) is 5.10 Å². The summed E-state index contributed by atoms with van der Waals surface area (Å²) in [7, 11) is 0. The molecule has 0 heterocycles. The van der Waals surface area contributed by atoms with Crippen LogP contribution in [-0.2, 0) is 0 Å². The lowest BCUT2D eigenvalue weighted by Gasteiger charge is -2.00. The molecule has 0 fully saturated rings. The van der Waals surface area contributed by atoms with E-state index in [0.717, 1.165) is 11.3 Å². The predicted molar refractivity (Wildman–Crippen MR) is 90.0 cm³/mol. The second kappa shape index (κ2) is 7.76. The van der Waals surface area contributed by atoms with Gasteiger partial charge in [-0.1, -0.05) is 48.5 Å². The molecule has 0 aliphatic heterocycles. The summed E-state index contributed by atoms with van der Waals surface area (Å²) in [6.07, 6.45) is 1.67. The minimum absolute atomic E-state index is 0.246. The molecule has 2 aromatic carbocycles. The molecule has 0 aliphatic carbocycles. The molecule has 0 amide bonds. The fourth-order valence-electron chi connectivity index (χ4n) is 1.55. The van der Waals surface area contributed by atoms with Crippen molar-refractivity contribution in [2.75, 3.05) is 5.32 Å². The summed E-state index contributed by atoms with van der Waals surface area (Å²) in [4.78, 5) is 2.80. The van der Waals surface area contributed by atoms with Crippen LogP contribution in [0.3, 0.4) is 0 Å². The number of hydrogen-bond donors (Lipinski definition) is 4. The fraction of sp³-hybridized carbons (Fsp3) is 0. The fourth-order valence-corrected chi connectivity index (χ4v) is 1.78. The lowest BCUT2D eigenvalue weighted by Crippen LogP contribution is -2.83. The normalized spacial score (nSPS) is 11.3. The Kier molecular flexibility index (Phi) is 5.42. The van der Waals surface area contributed by atoms with Crippen LogP contribution in [0.5, 0.6) is 0 Å². The van der Waals surface area contributed by atoms with E-state index in [4.69, 9.17) is 18.0 Å². The molecule has 106 valence electrons. The molecule has 2 rings (SSSR count). The van der Waals surface area contributed by atoms with Gasteiger partial charge < -0.3 is 5.73 Å². The number of nitrogens with zero attached hydrogens (tertiary/aromatic N) is 1. The number of guanidine groups is 1. The van der Waals surface area contributed by atoms with Gasteiger partial charge in [-0.25, -0.2) is 4.99 Å². The molecule has 0 unspecified atom stereocenters. The second-order valence-corrected chi connectivity index (χ2v) is 4.55. The molecule has 6 heteroatoms. The van der Waals surface area contributed by atoms with Gasteiger partial charge in [-0.05, 0) is 29.9 Å². The van der Waals surface area contributed by atoms with Gasteiger partial charge in [-0.3, -0.25) is 5.32 Å². The van der Waals surface area contributed by atoms with Crippen LogP contribution in [0, 0.1) is 0 Å². The maximum atomic E-state index is 5.75. The lowest BCUT2D eigenvalue weighted by atomic mass is 10.2. The van der Waals surface area contributed by atoms with Crippen molar-refractivity contribution in [3.05, 3.63) is 66.2 Å². The first kappa shape index (κ1) is 14.7. The lowest BCUT2D eigenvalue weighted by molar-refractivity contribution is -0.314. The molecule has 5 nitrogen and oxygen atoms in total. The number of rotatable bonds is 3. The summed E-state index contributed by atoms with van der Waals surface area (Å²) in [6.45, 7) is 0. The van der Waals surface area contributed by atoms with Crippen LogP contribution < -0.4 is 21.5 Å². The van der Waals surface area contributed by atoms with Crippen LogP contribution >= 0.6 is 12.2 Å². The highest BCUT2D eigenvalue weighted by molar-refractivity contribution is 7.80. The van der Waals surface area contributed by atoms with Crippen molar-refractivity contribution in [1.82, 2.24) is 5.43 Å². The number of nitrogens with one attached hydrogen (secondary N) is 3. The van der Waals surface area contributed by atoms with Crippen molar-refractivity contribution in [2.24, 2.45) is 10.8 Å². The number of thiocarbonyl (C=S) groups is 1. The monoisotopic (exact) mass is 298 g/mol. The van der Waals surface area contributed by atoms with Crippen molar-refractivity contribution in [3.8, 4) is 0 Å². The van der Waals surface area contributed by atoms with E-state index < -0.39 is 0 Å². The number of anilines is 1. The van der Waals surface area contributed by atoms with Crippen LogP contribution in [0.25, 0.3) is 0 Å². The van der Waals surface area contributed by atoms with Crippen molar-refractivity contribution in [2.45, 2.75) is 0 Å². The minimum atomic E-state index is 0.246. The number of hydrogen-bond acceptors (Lipinski definition) is 2. The Bertz CT molecular complexity index is 638. The average Bonchev–Trinajstić information content (AvgIpc) is 2.49. The Balaban J connectivity index is 1.86. The van der Waals surface area contributed by atoms with Crippen molar-refractivity contribution < 1.29 is 4.99 Å². The SMILES string of the molecule is NC(N/N=C\c1ccccc1)=[NH+]C(=S)Nc1ccccc1. The Morgan fingerprint density at radius 3 is 2.33 bits per heavy atom. The van der Waals surface area contributed by atoms with Gasteiger partial charge in [0, 0.05) is 0 Å².